The SMILES string of the molecule is COCc1cc(C(=O)Nc2nc(CCl)cs2)no1. The Kier molecular flexibility index (Phi) is 4.29. The minimum atomic E-state index is -0.378. The molecule has 1 amide bonds. The standard InChI is InChI=1S/C10H10ClN3O3S/c1-16-4-7-2-8(14-17-7)9(15)13-10-12-6(3-11)5-18-10/h2,5H,3-4H2,1H3,(H,12,13,15). The lowest BCUT2D eigenvalue weighted by Gasteiger charge is -1.95. The van der Waals surface area contributed by atoms with Crippen molar-refractivity contribution in [3.8, 4) is 0 Å². The minimum absolute atomic E-state index is 0.185. The second kappa shape index (κ2) is 5.94. The van der Waals surface area contributed by atoms with Crippen molar-refractivity contribution in [2.45, 2.75) is 12.5 Å². The van der Waals surface area contributed by atoms with E-state index in [1.54, 1.807) is 5.38 Å². The van der Waals surface area contributed by atoms with Gasteiger partial charge in [0.05, 0.1) is 11.6 Å². The summed E-state index contributed by atoms with van der Waals surface area (Å²) in [5, 5.41) is 8.51. The number of rotatable bonds is 5. The largest absolute Gasteiger partial charge is 0.377 e. The number of alkyl halides is 1. The molecule has 0 saturated carbocycles. The van der Waals surface area contributed by atoms with Crippen LogP contribution < -0.4 is 5.32 Å². The Morgan fingerprint density at radius 1 is 1.67 bits per heavy atom. The molecule has 2 heterocycles. The minimum Gasteiger partial charge on any atom is -0.377 e. The van der Waals surface area contributed by atoms with E-state index in [1.165, 1.54) is 24.5 Å². The van der Waals surface area contributed by atoms with Gasteiger partial charge in [-0.05, 0) is 0 Å². The van der Waals surface area contributed by atoms with E-state index < -0.39 is 0 Å². The highest BCUT2D eigenvalue weighted by atomic mass is 35.5. The number of amides is 1. The van der Waals surface area contributed by atoms with E-state index in [0.717, 1.165) is 5.69 Å². The molecule has 1 N–H and O–H groups in total. The highest BCUT2D eigenvalue weighted by molar-refractivity contribution is 7.14. The van der Waals surface area contributed by atoms with Gasteiger partial charge in [0.1, 0.15) is 6.61 Å². The molecule has 2 aromatic rings. The lowest BCUT2D eigenvalue weighted by Crippen LogP contribution is -2.12. The first kappa shape index (κ1) is 13.0. The van der Waals surface area contributed by atoms with Crippen LogP contribution in [0, 0.1) is 0 Å². The number of nitrogens with one attached hydrogen (secondary N) is 1. The van der Waals surface area contributed by atoms with Gasteiger partial charge < -0.3 is 9.26 Å². The number of carbonyl (C=O) groups excluding carboxylic acids is 1. The van der Waals surface area contributed by atoms with Crippen LogP contribution in [-0.4, -0.2) is 23.2 Å². The van der Waals surface area contributed by atoms with Crippen LogP contribution >= 0.6 is 22.9 Å². The smallest absolute Gasteiger partial charge is 0.279 e. The summed E-state index contributed by atoms with van der Waals surface area (Å²) in [5.74, 6) is 0.425. The molecule has 0 aliphatic rings. The second-order valence-electron chi connectivity index (χ2n) is 3.34. The van der Waals surface area contributed by atoms with Crippen LogP contribution in [0.2, 0.25) is 0 Å². The third kappa shape index (κ3) is 3.06. The number of halogens is 1. The third-order valence-electron chi connectivity index (χ3n) is 1.99. The van der Waals surface area contributed by atoms with Gasteiger partial charge in [-0.2, -0.15) is 0 Å². The summed E-state index contributed by atoms with van der Waals surface area (Å²) < 4.78 is 9.78. The number of hydrogen-bond donors (Lipinski definition) is 1. The van der Waals surface area contributed by atoms with Crippen molar-refractivity contribution in [2.75, 3.05) is 12.4 Å². The predicted molar refractivity (Wildman–Crippen MR) is 66.8 cm³/mol. The molecule has 2 aromatic heterocycles. The van der Waals surface area contributed by atoms with Gasteiger partial charge in [0.2, 0.25) is 0 Å². The van der Waals surface area contributed by atoms with Gasteiger partial charge >= 0.3 is 0 Å². The van der Waals surface area contributed by atoms with Crippen LogP contribution in [0.25, 0.3) is 0 Å². The first-order chi connectivity index (χ1) is 8.72. The zero-order valence-electron chi connectivity index (χ0n) is 9.47. The number of nitrogens with zero attached hydrogens (tertiary/aromatic N) is 2. The highest BCUT2D eigenvalue weighted by Gasteiger charge is 2.14. The van der Waals surface area contributed by atoms with Crippen molar-refractivity contribution >= 4 is 34.0 Å². The molecule has 18 heavy (non-hydrogen) atoms. The molecule has 0 bridgehead atoms. The van der Waals surface area contributed by atoms with Crippen LogP contribution in [0.4, 0.5) is 5.13 Å². The molecular formula is C10H10ClN3O3S. The molecule has 0 atom stereocenters. The Morgan fingerprint density at radius 3 is 3.17 bits per heavy atom. The Morgan fingerprint density at radius 2 is 2.50 bits per heavy atom. The van der Waals surface area contributed by atoms with Crippen LogP contribution in [0.1, 0.15) is 21.9 Å². The van der Waals surface area contributed by atoms with Gasteiger partial charge in [-0.25, -0.2) is 4.98 Å². The van der Waals surface area contributed by atoms with Crippen LogP contribution in [0.3, 0.4) is 0 Å². The summed E-state index contributed by atoms with van der Waals surface area (Å²) in [6.07, 6.45) is 0. The third-order valence-corrected chi connectivity index (χ3v) is 3.07. The Hall–Kier alpha value is -1.44. The van der Waals surface area contributed by atoms with E-state index in [4.69, 9.17) is 20.9 Å². The molecule has 96 valence electrons. The maximum atomic E-state index is 11.8. The molecular weight excluding hydrogens is 278 g/mol. The number of carbonyl (C=O) groups is 1. The number of thiazole rings is 1. The van der Waals surface area contributed by atoms with Crippen LogP contribution in [0.5, 0.6) is 0 Å². The molecule has 2 rings (SSSR count). The summed E-state index contributed by atoms with van der Waals surface area (Å²) in [5.41, 5.74) is 0.905. The summed E-state index contributed by atoms with van der Waals surface area (Å²) >= 11 is 6.93. The first-order valence-electron chi connectivity index (χ1n) is 4.99. The second-order valence-corrected chi connectivity index (χ2v) is 4.47. The van der Waals surface area contributed by atoms with Gasteiger partial charge in [-0.1, -0.05) is 5.16 Å². The van der Waals surface area contributed by atoms with E-state index in [2.05, 4.69) is 15.5 Å². The maximum Gasteiger partial charge on any atom is 0.279 e. The van der Waals surface area contributed by atoms with E-state index in [-0.39, 0.29) is 18.2 Å². The topological polar surface area (TPSA) is 77.2 Å². The first-order valence-corrected chi connectivity index (χ1v) is 6.40. The number of aromatic nitrogens is 2. The average Bonchev–Trinajstić information content (AvgIpc) is 2.98. The van der Waals surface area contributed by atoms with Gasteiger partial charge in [-0.15, -0.1) is 22.9 Å². The summed E-state index contributed by atoms with van der Waals surface area (Å²) in [7, 11) is 1.53. The monoisotopic (exact) mass is 287 g/mol. The lowest BCUT2D eigenvalue weighted by atomic mass is 10.3. The number of ether oxygens (including phenoxy) is 1. The van der Waals surface area contributed by atoms with E-state index in [1.807, 2.05) is 0 Å². The average molecular weight is 288 g/mol. The molecule has 0 radical (unpaired) electrons. The zero-order valence-corrected chi connectivity index (χ0v) is 11.0. The fraction of sp³-hybridized carbons (Fsp3) is 0.300. The number of methoxy groups -OCH3 is 1. The zero-order chi connectivity index (χ0) is 13.0. The molecule has 0 aliphatic carbocycles. The lowest BCUT2D eigenvalue weighted by molar-refractivity contribution is 0.101. The molecule has 0 fully saturated rings. The molecule has 0 aliphatic heterocycles. The summed E-state index contributed by atoms with van der Waals surface area (Å²) in [6, 6.07) is 1.52. The molecule has 0 spiro atoms. The van der Waals surface area contributed by atoms with Crippen molar-refractivity contribution in [3.05, 3.63) is 28.6 Å². The van der Waals surface area contributed by atoms with Crippen molar-refractivity contribution in [1.82, 2.24) is 10.1 Å². The van der Waals surface area contributed by atoms with Gasteiger partial charge in [-0.3, -0.25) is 10.1 Å². The van der Waals surface area contributed by atoms with Crippen LogP contribution in [-0.2, 0) is 17.2 Å². The molecule has 0 unspecified atom stereocenters. The summed E-state index contributed by atoms with van der Waals surface area (Å²) in [4.78, 5) is 15.9. The molecule has 8 heteroatoms. The predicted octanol–water partition coefficient (Wildman–Crippen LogP) is 2.27. The van der Waals surface area contributed by atoms with Gasteiger partial charge in [0, 0.05) is 18.6 Å². The number of anilines is 1. The fourth-order valence-corrected chi connectivity index (χ4v) is 2.15. The van der Waals surface area contributed by atoms with Crippen molar-refractivity contribution < 1.29 is 14.1 Å². The number of hydrogen-bond acceptors (Lipinski definition) is 6. The Balaban J connectivity index is 2.02. The normalized spacial score (nSPS) is 10.6. The molecule has 0 aromatic carbocycles. The Bertz CT molecular complexity index is 540. The molecule has 6 nitrogen and oxygen atoms in total. The van der Waals surface area contributed by atoms with E-state index in [9.17, 15) is 4.79 Å². The van der Waals surface area contributed by atoms with Crippen molar-refractivity contribution in [1.29, 1.82) is 0 Å². The van der Waals surface area contributed by atoms with Gasteiger partial charge in [0.25, 0.3) is 5.91 Å². The quantitative estimate of drug-likeness (QED) is 0.854. The van der Waals surface area contributed by atoms with Crippen molar-refractivity contribution in [2.24, 2.45) is 0 Å². The maximum absolute atomic E-state index is 11.8. The highest BCUT2D eigenvalue weighted by Crippen LogP contribution is 2.17. The Labute approximate surface area is 112 Å². The van der Waals surface area contributed by atoms with Gasteiger partial charge in [0.15, 0.2) is 16.6 Å². The van der Waals surface area contributed by atoms with E-state index in [0.29, 0.717) is 16.8 Å². The van der Waals surface area contributed by atoms with Crippen molar-refractivity contribution in [3.63, 3.8) is 0 Å². The fourth-order valence-electron chi connectivity index (χ4n) is 1.22. The van der Waals surface area contributed by atoms with E-state index >= 15 is 0 Å². The molecule has 0 saturated heterocycles. The van der Waals surface area contributed by atoms with Crippen LogP contribution in [0.15, 0.2) is 16.0 Å². The summed E-state index contributed by atoms with van der Waals surface area (Å²) in [6.45, 7) is 0.272.